The Morgan fingerprint density at radius 3 is 2.79 bits per heavy atom. The molecule has 1 unspecified atom stereocenters. The summed E-state index contributed by atoms with van der Waals surface area (Å²) in [6, 6.07) is -0.0654. The molecule has 0 saturated heterocycles. The van der Waals surface area contributed by atoms with Crippen molar-refractivity contribution in [3.05, 3.63) is 17.7 Å². The summed E-state index contributed by atoms with van der Waals surface area (Å²) in [4.78, 5) is 29.6. The molecule has 1 aromatic rings. The van der Waals surface area contributed by atoms with E-state index in [9.17, 15) is 4.79 Å². The molecule has 1 aromatic heterocycles. The maximum Gasteiger partial charge on any atom is 0.410 e. The number of H-pyrrole nitrogens is 1. The minimum atomic E-state index is -0.335. The summed E-state index contributed by atoms with van der Waals surface area (Å²) in [6.45, 7) is 8.91. The van der Waals surface area contributed by atoms with Crippen molar-refractivity contribution in [2.24, 2.45) is 15.9 Å². The van der Waals surface area contributed by atoms with Crippen LogP contribution in [0.1, 0.15) is 45.1 Å². The van der Waals surface area contributed by atoms with Crippen LogP contribution in [0.15, 0.2) is 16.3 Å². The van der Waals surface area contributed by atoms with Crippen LogP contribution in [0.5, 0.6) is 0 Å². The molecule has 1 N–H and O–H groups in total. The Bertz CT molecular complexity index is 577. The number of aromatic amines is 1. The van der Waals surface area contributed by atoms with Crippen molar-refractivity contribution in [3.8, 4) is 0 Å². The molecule has 1 aliphatic rings. The topological polar surface area (TPSA) is 82.9 Å². The highest BCUT2D eigenvalue weighted by molar-refractivity contribution is 6.31. The Labute approximate surface area is 144 Å². The molecule has 0 fully saturated rings. The highest BCUT2D eigenvalue weighted by Crippen LogP contribution is 2.33. The zero-order valence-corrected chi connectivity index (χ0v) is 15.5. The molecule has 0 saturated carbocycles. The number of aromatic nitrogens is 2. The summed E-state index contributed by atoms with van der Waals surface area (Å²) in [5, 5.41) is 0. The Morgan fingerprint density at radius 1 is 1.50 bits per heavy atom. The third kappa shape index (κ3) is 4.66. The van der Waals surface area contributed by atoms with Gasteiger partial charge in [0.2, 0.25) is 0 Å². The van der Waals surface area contributed by atoms with Crippen LogP contribution in [0.4, 0.5) is 4.79 Å². The maximum atomic E-state index is 12.4. The van der Waals surface area contributed by atoms with Crippen LogP contribution < -0.4 is 0 Å². The van der Waals surface area contributed by atoms with Gasteiger partial charge in [0.15, 0.2) is 0 Å². The molecule has 0 aromatic carbocycles. The summed E-state index contributed by atoms with van der Waals surface area (Å²) in [6.07, 6.45) is 3.71. The van der Waals surface area contributed by atoms with Gasteiger partial charge >= 0.3 is 6.09 Å². The molecule has 7 heteroatoms. The predicted molar refractivity (Wildman–Crippen MR) is 97.0 cm³/mol. The smallest absolute Gasteiger partial charge is 0.410 e. The number of ether oxygens (including phenoxy) is 1. The van der Waals surface area contributed by atoms with Crippen LogP contribution in [-0.2, 0) is 11.2 Å². The lowest BCUT2D eigenvalue weighted by molar-refractivity contribution is 0.0802. The molecule has 1 amide bonds. The van der Waals surface area contributed by atoms with E-state index in [-0.39, 0.29) is 24.7 Å². The molecule has 134 valence electrons. The van der Waals surface area contributed by atoms with Crippen molar-refractivity contribution in [2.45, 2.75) is 40.2 Å². The van der Waals surface area contributed by atoms with E-state index in [1.165, 1.54) is 0 Å². The first kappa shape index (κ1) is 19.9. The second-order valence-electron chi connectivity index (χ2n) is 5.56. The summed E-state index contributed by atoms with van der Waals surface area (Å²) >= 11 is 0. The van der Waals surface area contributed by atoms with Crippen molar-refractivity contribution in [1.29, 1.82) is 0 Å². The van der Waals surface area contributed by atoms with Gasteiger partial charge in [-0.3, -0.25) is 14.9 Å². The van der Waals surface area contributed by atoms with Crippen LogP contribution in [0.3, 0.4) is 0 Å². The van der Waals surface area contributed by atoms with Gasteiger partial charge in [-0.1, -0.05) is 27.7 Å². The fourth-order valence-corrected chi connectivity index (χ4v) is 2.71. The first-order valence-electron chi connectivity index (χ1n) is 8.41. The quantitative estimate of drug-likeness (QED) is 0.859. The van der Waals surface area contributed by atoms with Crippen molar-refractivity contribution >= 4 is 18.0 Å². The molecule has 7 nitrogen and oxygen atoms in total. The number of rotatable bonds is 4. The Balaban J connectivity index is 0.00000139. The largest absolute Gasteiger partial charge is 0.443 e. The standard InChI is InChI=1S/C15H23N5O2.C2H6/c1-10(2)14-13-12(18-9-19-13)5-6-20(14)15(21)22-8-11(17-4)7-16-3;1-2/h7,9-10,14H,5-6,8H2,1-4H3,(H,18,19);1-2H3. The van der Waals surface area contributed by atoms with Gasteiger partial charge in [0.25, 0.3) is 0 Å². The number of carbonyl (C=O) groups excluding carboxylic acids is 1. The lowest BCUT2D eigenvalue weighted by Gasteiger charge is -2.36. The fourth-order valence-electron chi connectivity index (χ4n) is 2.71. The van der Waals surface area contributed by atoms with Crippen molar-refractivity contribution < 1.29 is 9.53 Å². The lowest BCUT2D eigenvalue weighted by Crippen LogP contribution is -2.43. The van der Waals surface area contributed by atoms with Gasteiger partial charge in [-0.05, 0) is 5.92 Å². The van der Waals surface area contributed by atoms with Gasteiger partial charge in [-0.25, -0.2) is 9.78 Å². The number of nitrogens with one attached hydrogen (secondary N) is 1. The zero-order valence-electron chi connectivity index (χ0n) is 15.5. The lowest BCUT2D eigenvalue weighted by atomic mass is 9.94. The molecule has 0 aliphatic carbocycles. The highest BCUT2D eigenvalue weighted by atomic mass is 16.6. The molecule has 0 bridgehead atoms. The van der Waals surface area contributed by atoms with Crippen molar-refractivity contribution in [1.82, 2.24) is 14.9 Å². The fraction of sp³-hybridized carbons (Fsp3) is 0.647. The van der Waals surface area contributed by atoms with E-state index in [2.05, 4.69) is 33.8 Å². The van der Waals surface area contributed by atoms with Crippen molar-refractivity contribution in [3.63, 3.8) is 0 Å². The molecular formula is C17H29N5O2. The number of fused-ring (bicyclic) bond motifs is 1. The van der Waals surface area contributed by atoms with Crippen LogP contribution in [0.25, 0.3) is 0 Å². The van der Waals surface area contributed by atoms with Crippen LogP contribution in [0.2, 0.25) is 0 Å². The molecular weight excluding hydrogens is 306 g/mol. The highest BCUT2D eigenvalue weighted by Gasteiger charge is 2.35. The third-order valence-corrected chi connectivity index (χ3v) is 3.75. The molecule has 2 rings (SSSR count). The number of imidazole rings is 1. The Kier molecular flexibility index (Phi) is 8.15. The Hall–Kier alpha value is -2.18. The third-order valence-electron chi connectivity index (χ3n) is 3.75. The summed E-state index contributed by atoms with van der Waals surface area (Å²) in [5.41, 5.74) is 2.68. The van der Waals surface area contributed by atoms with Crippen LogP contribution in [0, 0.1) is 5.92 Å². The van der Waals surface area contributed by atoms with E-state index in [1.807, 2.05) is 13.8 Å². The summed E-state index contributed by atoms with van der Waals surface area (Å²) < 4.78 is 5.39. The van der Waals surface area contributed by atoms with Gasteiger partial charge < -0.3 is 9.72 Å². The number of hydrogen-bond acceptors (Lipinski definition) is 5. The van der Waals surface area contributed by atoms with E-state index in [1.54, 1.807) is 31.5 Å². The SMILES string of the molecule is CC.CN=CC(COC(=O)N1CCc2[nH]cnc2C1C(C)C)=NC. The van der Waals surface area contributed by atoms with E-state index >= 15 is 0 Å². The van der Waals surface area contributed by atoms with Gasteiger partial charge in [0, 0.05) is 39.0 Å². The summed E-state index contributed by atoms with van der Waals surface area (Å²) in [7, 11) is 3.31. The van der Waals surface area contributed by atoms with E-state index in [0.29, 0.717) is 12.3 Å². The number of aliphatic imine (C=N–C) groups is 2. The van der Waals surface area contributed by atoms with Gasteiger partial charge in [0.05, 0.1) is 23.8 Å². The average molecular weight is 335 g/mol. The predicted octanol–water partition coefficient (Wildman–Crippen LogP) is 2.90. The summed E-state index contributed by atoms with van der Waals surface area (Å²) in [5.74, 6) is 0.256. The van der Waals surface area contributed by atoms with Gasteiger partial charge in [0.1, 0.15) is 6.61 Å². The minimum absolute atomic E-state index is 0.0654. The monoisotopic (exact) mass is 335 g/mol. The molecule has 1 aliphatic heterocycles. The molecule has 0 spiro atoms. The first-order chi connectivity index (χ1) is 11.6. The first-order valence-corrected chi connectivity index (χ1v) is 8.41. The minimum Gasteiger partial charge on any atom is -0.443 e. The number of amides is 1. The molecule has 24 heavy (non-hydrogen) atoms. The molecule has 2 heterocycles. The number of hydrogen-bond donors (Lipinski definition) is 1. The van der Waals surface area contributed by atoms with Crippen LogP contribution >= 0.6 is 0 Å². The van der Waals surface area contributed by atoms with Gasteiger partial charge in [-0.15, -0.1) is 0 Å². The average Bonchev–Trinajstić information content (AvgIpc) is 3.07. The van der Waals surface area contributed by atoms with Gasteiger partial charge in [-0.2, -0.15) is 0 Å². The zero-order chi connectivity index (χ0) is 18.1. The Morgan fingerprint density at radius 2 is 2.21 bits per heavy atom. The van der Waals surface area contributed by atoms with E-state index in [4.69, 9.17) is 4.74 Å². The van der Waals surface area contributed by atoms with E-state index < -0.39 is 0 Å². The second kappa shape index (κ2) is 9.85. The van der Waals surface area contributed by atoms with Crippen LogP contribution in [-0.4, -0.2) is 60.1 Å². The second-order valence-corrected chi connectivity index (χ2v) is 5.56. The number of carbonyl (C=O) groups is 1. The number of nitrogens with zero attached hydrogens (tertiary/aromatic N) is 4. The van der Waals surface area contributed by atoms with Crippen molar-refractivity contribution in [2.75, 3.05) is 27.2 Å². The van der Waals surface area contributed by atoms with E-state index in [0.717, 1.165) is 17.8 Å². The normalized spacial score (nSPS) is 17.5. The molecule has 1 atom stereocenters. The maximum absolute atomic E-state index is 12.4. The molecule has 0 radical (unpaired) electrons.